The molecule has 2 aromatic heterocycles. The van der Waals surface area contributed by atoms with Gasteiger partial charge in [0, 0.05) is 24.0 Å². The highest BCUT2D eigenvalue weighted by Gasteiger charge is 2.14. The van der Waals surface area contributed by atoms with Crippen LogP contribution >= 0.6 is 15.9 Å². The Morgan fingerprint density at radius 1 is 1.20 bits per heavy atom. The van der Waals surface area contributed by atoms with Crippen LogP contribution in [0.2, 0.25) is 0 Å². The summed E-state index contributed by atoms with van der Waals surface area (Å²) in [7, 11) is 0. The van der Waals surface area contributed by atoms with Crippen LogP contribution in [0.1, 0.15) is 11.3 Å². The SMILES string of the molecule is Brc1ccc2c3c([nH]c2n1)CCNCC3. The molecule has 3 rings (SSSR count). The average Bonchev–Trinajstić information content (AvgIpc) is 2.42. The number of rotatable bonds is 0. The van der Waals surface area contributed by atoms with Crippen LogP contribution in [-0.2, 0) is 12.8 Å². The summed E-state index contributed by atoms with van der Waals surface area (Å²) in [5.41, 5.74) is 3.80. The van der Waals surface area contributed by atoms with E-state index in [9.17, 15) is 0 Å². The van der Waals surface area contributed by atoms with Gasteiger partial charge in [-0.3, -0.25) is 0 Å². The molecule has 78 valence electrons. The van der Waals surface area contributed by atoms with Crippen molar-refractivity contribution in [1.29, 1.82) is 0 Å². The minimum Gasteiger partial charge on any atom is -0.343 e. The Hall–Kier alpha value is -0.870. The van der Waals surface area contributed by atoms with Crippen molar-refractivity contribution < 1.29 is 0 Å². The maximum absolute atomic E-state index is 4.45. The number of aromatic amines is 1. The Kier molecular flexibility index (Phi) is 2.25. The van der Waals surface area contributed by atoms with E-state index < -0.39 is 0 Å². The first-order valence-electron chi connectivity index (χ1n) is 5.21. The summed E-state index contributed by atoms with van der Waals surface area (Å²) in [6, 6.07) is 4.15. The molecule has 0 saturated heterocycles. The molecule has 0 aliphatic carbocycles. The predicted molar refractivity (Wildman–Crippen MR) is 64.1 cm³/mol. The third-order valence-corrected chi connectivity index (χ3v) is 3.37. The van der Waals surface area contributed by atoms with Gasteiger partial charge in [-0.05, 0) is 46.6 Å². The highest BCUT2D eigenvalue weighted by Crippen LogP contribution is 2.24. The van der Waals surface area contributed by atoms with Gasteiger partial charge in [0.05, 0.1) is 0 Å². The first kappa shape index (κ1) is 9.36. The molecule has 0 radical (unpaired) electrons. The van der Waals surface area contributed by atoms with E-state index in [4.69, 9.17) is 0 Å². The van der Waals surface area contributed by atoms with Crippen molar-refractivity contribution in [3.63, 3.8) is 0 Å². The van der Waals surface area contributed by atoms with Gasteiger partial charge in [-0.15, -0.1) is 0 Å². The number of halogens is 1. The summed E-state index contributed by atoms with van der Waals surface area (Å²) in [5, 5.41) is 4.68. The number of hydrogen-bond donors (Lipinski definition) is 2. The van der Waals surface area contributed by atoms with E-state index in [0.717, 1.165) is 36.2 Å². The fourth-order valence-corrected chi connectivity index (χ4v) is 2.52. The van der Waals surface area contributed by atoms with Crippen LogP contribution < -0.4 is 5.32 Å². The van der Waals surface area contributed by atoms with Crippen molar-refractivity contribution in [2.24, 2.45) is 0 Å². The van der Waals surface area contributed by atoms with Crippen LogP contribution in [-0.4, -0.2) is 23.1 Å². The third kappa shape index (κ3) is 1.58. The maximum Gasteiger partial charge on any atom is 0.139 e. The van der Waals surface area contributed by atoms with Gasteiger partial charge in [-0.25, -0.2) is 4.98 Å². The zero-order valence-corrected chi connectivity index (χ0v) is 9.89. The number of H-pyrrole nitrogens is 1. The number of nitrogens with one attached hydrogen (secondary N) is 2. The average molecular weight is 266 g/mol. The minimum atomic E-state index is 0.893. The number of pyridine rings is 1. The molecule has 3 nitrogen and oxygen atoms in total. The van der Waals surface area contributed by atoms with Crippen molar-refractivity contribution in [3.05, 3.63) is 28.0 Å². The summed E-state index contributed by atoms with van der Waals surface area (Å²) < 4.78 is 0.893. The highest BCUT2D eigenvalue weighted by molar-refractivity contribution is 9.10. The fourth-order valence-electron chi connectivity index (χ4n) is 2.21. The smallest absolute Gasteiger partial charge is 0.139 e. The summed E-state index contributed by atoms with van der Waals surface area (Å²) in [6.45, 7) is 2.12. The summed E-state index contributed by atoms with van der Waals surface area (Å²) in [4.78, 5) is 7.87. The lowest BCUT2D eigenvalue weighted by molar-refractivity contribution is 0.708. The van der Waals surface area contributed by atoms with Gasteiger partial charge in [0.25, 0.3) is 0 Å². The van der Waals surface area contributed by atoms with Gasteiger partial charge >= 0.3 is 0 Å². The van der Waals surface area contributed by atoms with Crippen molar-refractivity contribution >= 4 is 27.0 Å². The highest BCUT2D eigenvalue weighted by atomic mass is 79.9. The van der Waals surface area contributed by atoms with Gasteiger partial charge < -0.3 is 10.3 Å². The molecule has 0 aromatic carbocycles. The van der Waals surface area contributed by atoms with Crippen LogP contribution in [0.15, 0.2) is 16.7 Å². The monoisotopic (exact) mass is 265 g/mol. The zero-order chi connectivity index (χ0) is 10.3. The molecule has 0 unspecified atom stereocenters. The van der Waals surface area contributed by atoms with Crippen LogP contribution in [0, 0.1) is 0 Å². The Morgan fingerprint density at radius 3 is 3.00 bits per heavy atom. The first-order chi connectivity index (χ1) is 7.34. The Balaban J connectivity index is 2.23. The van der Waals surface area contributed by atoms with Crippen LogP contribution in [0.25, 0.3) is 11.0 Å². The molecule has 0 amide bonds. The fraction of sp³-hybridized carbons (Fsp3) is 0.364. The molecule has 0 fully saturated rings. The van der Waals surface area contributed by atoms with Crippen molar-refractivity contribution in [3.8, 4) is 0 Å². The minimum absolute atomic E-state index is 0.893. The second-order valence-electron chi connectivity index (χ2n) is 3.86. The maximum atomic E-state index is 4.45. The molecule has 2 N–H and O–H groups in total. The normalized spacial score (nSPS) is 16.3. The molecular formula is C11H12BrN3. The molecule has 1 aliphatic rings. The van der Waals surface area contributed by atoms with E-state index in [1.54, 1.807) is 0 Å². The van der Waals surface area contributed by atoms with Crippen LogP contribution in [0.4, 0.5) is 0 Å². The van der Waals surface area contributed by atoms with E-state index in [2.05, 4.69) is 37.3 Å². The predicted octanol–water partition coefficient (Wildman–Crippen LogP) is 2.01. The van der Waals surface area contributed by atoms with Gasteiger partial charge in [0.1, 0.15) is 10.3 Å². The second-order valence-corrected chi connectivity index (χ2v) is 4.67. The molecule has 0 saturated carbocycles. The topological polar surface area (TPSA) is 40.7 Å². The molecule has 4 heteroatoms. The van der Waals surface area contributed by atoms with Gasteiger partial charge in [-0.1, -0.05) is 0 Å². The van der Waals surface area contributed by atoms with E-state index >= 15 is 0 Å². The lowest BCUT2D eigenvalue weighted by Crippen LogP contribution is -2.16. The van der Waals surface area contributed by atoms with E-state index in [0.29, 0.717) is 0 Å². The third-order valence-electron chi connectivity index (χ3n) is 2.92. The molecular weight excluding hydrogens is 254 g/mol. The molecule has 1 aliphatic heterocycles. The summed E-state index contributed by atoms with van der Waals surface area (Å²) in [5.74, 6) is 0. The van der Waals surface area contributed by atoms with E-state index in [1.165, 1.54) is 16.6 Å². The van der Waals surface area contributed by atoms with Crippen molar-refractivity contribution in [2.75, 3.05) is 13.1 Å². The Bertz CT molecular complexity index is 504. The molecule has 0 atom stereocenters. The molecule has 0 spiro atoms. The molecule has 15 heavy (non-hydrogen) atoms. The number of hydrogen-bond acceptors (Lipinski definition) is 2. The van der Waals surface area contributed by atoms with Gasteiger partial charge in [0.2, 0.25) is 0 Å². The molecule has 0 bridgehead atoms. The quantitative estimate of drug-likeness (QED) is 0.716. The number of aromatic nitrogens is 2. The molecule has 3 heterocycles. The van der Waals surface area contributed by atoms with Gasteiger partial charge in [-0.2, -0.15) is 0 Å². The summed E-state index contributed by atoms with van der Waals surface area (Å²) in [6.07, 6.45) is 2.17. The Labute approximate surface area is 96.4 Å². The van der Waals surface area contributed by atoms with Crippen molar-refractivity contribution in [1.82, 2.24) is 15.3 Å². The van der Waals surface area contributed by atoms with E-state index in [1.807, 2.05) is 6.07 Å². The van der Waals surface area contributed by atoms with Crippen molar-refractivity contribution in [2.45, 2.75) is 12.8 Å². The van der Waals surface area contributed by atoms with Crippen LogP contribution in [0.5, 0.6) is 0 Å². The zero-order valence-electron chi connectivity index (χ0n) is 8.31. The summed E-state index contributed by atoms with van der Waals surface area (Å²) >= 11 is 3.40. The molecule has 2 aromatic rings. The van der Waals surface area contributed by atoms with Crippen LogP contribution in [0.3, 0.4) is 0 Å². The lowest BCUT2D eigenvalue weighted by Gasteiger charge is -1.97. The van der Waals surface area contributed by atoms with E-state index in [-0.39, 0.29) is 0 Å². The lowest BCUT2D eigenvalue weighted by atomic mass is 10.1. The second kappa shape index (κ2) is 3.61. The first-order valence-corrected chi connectivity index (χ1v) is 6.00. The standard InChI is InChI=1S/C11H12BrN3/c12-10-2-1-8-7-3-5-13-6-4-9(7)14-11(8)15-10/h1-2,13H,3-6H2,(H,14,15). The number of nitrogens with zero attached hydrogens (tertiary/aromatic N) is 1. The van der Waals surface area contributed by atoms with Gasteiger partial charge in [0.15, 0.2) is 0 Å². The largest absolute Gasteiger partial charge is 0.343 e. The number of fused-ring (bicyclic) bond motifs is 3. The Morgan fingerprint density at radius 2 is 2.07 bits per heavy atom.